The monoisotopic (exact) mass is 616 g/mol. The molecular formula is C41H24N6O. The lowest BCUT2D eigenvalue weighted by Crippen LogP contribution is -2.03. The van der Waals surface area contributed by atoms with E-state index in [2.05, 4.69) is 71.3 Å². The van der Waals surface area contributed by atoms with Gasteiger partial charge in [0.15, 0.2) is 17.5 Å². The molecule has 0 saturated carbocycles. The van der Waals surface area contributed by atoms with Crippen LogP contribution in [0.3, 0.4) is 0 Å². The normalized spacial score (nSPS) is 11.8. The molecule has 0 aliphatic carbocycles. The molecule has 224 valence electrons. The van der Waals surface area contributed by atoms with Crippen LogP contribution in [0.5, 0.6) is 0 Å². The molecule has 0 N–H and O–H groups in total. The predicted octanol–water partition coefficient (Wildman–Crippen LogP) is 9.81. The number of furan rings is 1. The van der Waals surface area contributed by atoms with Crippen LogP contribution in [0.1, 0.15) is 0 Å². The minimum Gasteiger partial charge on any atom is -0.456 e. The van der Waals surface area contributed by atoms with Gasteiger partial charge in [-0.05, 0) is 41.1 Å². The number of fused-ring (bicyclic) bond motifs is 8. The maximum Gasteiger partial charge on any atom is 0.234 e. The summed E-state index contributed by atoms with van der Waals surface area (Å²) in [5, 5.41) is 6.63. The summed E-state index contributed by atoms with van der Waals surface area (Å²) in [4.78, 5) is 24.4. The van der Waals surface area contributed by atoms with Crippen molar-refractivity contribution in [2.45, 2.75) is 0 Å². The Labute approximate surface area is 273 Å². The Bertz CT molecular complexity index is 2770. The van der Waals surface area contributed by atoms with Crippen LogP contribution in [0.25, 0.3) is 94.6 Å². The van der Waals surface area contributed by atoms with Crippen molar-refractivity contribution < 1.29 is 4.42 Å². The number of rotatable bonds is 4. The van der Waals surface area contributed by atoms with Gasteiger partial charge >= 0.3 is 0 Å². The molecule has 7 heteroatoms. The van der Waals surface area contributed by atoms with Crippen molar-refractivity contribution in [1.29, 1.82) is 0 Å². The molecule has 0 aliphatic heterocycles. The first-order valence-corrected chi connectivity index (χ1v) is 15.8. The van der Waals surface area contributed by atoms with E-state index in [-0.39, 0.29) is 0 Å². The van der Waals surface area contributed by atoms with Crippen LogP contribution in [0.2, 0.25) is 0 Å². The van der Waals surface area contributed by atoms with Gasteiger partial charge in [-0.15, -0.1) is 0 Å². The highest BCUT2D eigenvalue weighted by atomic mass is 16.3. The van der Waals surface area contributed by atoms with Crippen molar-refractivity contribution in [2.24, 2.45) is 0 Å². The fourth-order valence-corrected chi connectivity index (χ4v) is 6.70. The van der Waals surface area contributed by atoms with Gasteiger partial charge in [0, 0.05) is 39.7 Å². The van der Waals surface area contributed by atoms with Crippen molar-refractivity contribution in [3.63, 3.8) is 0 Å². The van der Waals surface area contributed by atoms with Crippen LogP contribution in [-0.2, 0) is 0 Å². The van der Waals surface area contributed by atoms with Gasteiger partial charge < -0.3 is 4.42 Å². The average Bonchev–Trinajstić information content (AvgIpc) is 3.69. The molecular weight excluding hydrogens is 592 g/mol. The number of nitrogens with zero attached hydrogens (tertiary/aromatic N) is 6. The Morgan fingerprint density at radius 1 is 0.458 bits per heavy atom. The van der Waals surface area contributed by atoms with Gasteiger partial charge in [0.2, 0.25) is 5.95 Å². The molecule has 0 radical (unpaired) electrons. The second-order valence-electron chi connectivity index (χ2n) is 11.8. The van der Waals surface area contributed by atoms with Crippen LogP contribution < -0.4 is 0 Å². The molecule has 10 rings (SSSR count). The summed E-state index contributed by atoms with van der Waals surface area (Å²) < 4.78 is 8.59. The summed E-state index contributed by atoms with van der Waals surface area (Å²) in [6.07, 6.45) is 3.59. The SMILES string of the molecule is c1ccc(-c2nc(-c3ccccc3)nc(-c3cnc(-n4c5ccccc5c5ccc6oc7cc8ccccc8cc7c6c54)nc3)n2)cc1. The van der Waals surface area contributed by atoms with E-state index < -0.39 is 0 Å². The molecule has 10 aromatic rings. The van der Waals surface area contributed by atoms with Crippen molar-refractivity contribution in [3.8, 4) is 40.1 Å². The van der Waals surface area contributed by atoms with Crippen LogP contribution >= 0.6 is 0 Å². The third-order valence-corrected chi connectivity index (χ3v) is 8.93. The predicted molar refractivity (Wildman–Crippen MR) is 191 cm³/mol. The van der Waals surface area contributed by atoms with Gasteiger partial charge in [0.05, 0.1) is 22.0 Å². The molecule has 6 aromatic carbocycles. The van der Waals surface area contributed by atoms with Gasteiger partial charge in [-0.25, -0.2) is 24.9 Å². The largest absolute Gasteiger partial charge is 0.456 e. The number of aromatic nitrogens is 6. The van der Waals surface area contributed by atoms with Crippen molar-refractivity contribution in [1.82, 2.24) is 29.5 Å². The lowest BCUT2D eigenvalue weighted by molar-refractivity contribution is 0.669. The number of hydrogen-bond acceptors (Lipinski definition) is 6. The Kier molecular flexibility index (Phi) is 5.74. The topological polar surface area (TPSA) is 82.5 Å². The highest BCUT2D eigenvalue weighted by molar-refractivity contribution is 6.25. The maximum atomic E-state index is 6.45. The third-order valence-electron chi connectivity index (χ3n) is 8.93. The van der Waals surface area contributed by atoms with Gasteiger partial charge in [-0.3, -0.25) is 4.57 Å². The molecule has 0 unspecified atom stereocenters. The summed E-state index contributed by atoms with van der Waals surface area (Å²) in [6.45, 7) is 0. The van der Waals surface area contributed by atoms with E-state index in [0.717, 1.165) is 65.6 Å². The van der Waals surface area contributed by atoms with Gasteiger partial charge in [0.1, 0.15) is 11.2 Å². The summed E-state index contributed by atoms with van der Waals surface area (Å²) in [5.41, 5.74) is 6.20. The minimum atomic E-state index is 0.506. The molecule has 0 fully saturated rings. The zero-order valence-corrected chi connectivity index (χ0v) is 25.4. The summed E-state index contributed by atoms with van der Waals surface area (Å²) in [7, 11) is 0. The van der Waals surface area contributed by atoms with Gasteiger partial charge in [-0.2, -0.15) is 0 Å². The molecule has 4 heterocycles. The number of hydrogen-bond donors (Lipinski definition) is 0. The van der Waals surface area contributed by atoms with E-state index in [4.69, 9.17) is 29.3 Å². The number of para-hydroxylation sites is 1. The molecule has 0 spiro atoms. The highest BCUT2D eigenvalue weighted by Gasteiger charge is 2.21. The summed E-state index contributed by atoms with van der Waals surface area (Å²) >= 11 is 0. The van der Waals surface area contributed by atoms with Crippen molar-refractivity contribution in [3.05, 3.63) is 146 Å². The zero-order chi connectivity index (χ0) is 31.6. The lowest BCUT2D eigenvalue weighted by Gasteiger charge is -2.09. The molecule has 48 heavy (non-hydrogen) atoms. The van der Waals surface area contributed by atoms with Gasteiger partial charge in [-0.1, -0.05) is 103 Å². The summed E-state index contributed by atoms with van der Waals surface area (Å²) in [5.74, 6) is 2.24. The van der Waals surface area contributed by atoms with E-state index >= 15 is 0 Å². The van der Waals surface area contributed by atoms with Crippen LogP contribution in [-0.4, -0.2) is 29.5 Å². The Balaban J connectivity index is 1.18. The van der Waals surface area contributed by atoms with Crippen molar-refractivity contribution >= 4 is 54.5 Å². The molecule has 0 amide bonds. The van der Waals surface area contributed by atoms with E-state index in [1.807, 2.05) is 66.7 Å². The molecule has 0 saturated heterocycles. The number of benzene rings is 6. The molecule has 0 aliphatic rings. The van der Waals surface area contributed by atoms with E-state index in [0.29, 0.717) is 29.0 Å². The van der Waals surface area contributed by atoms with E-state index in [1.54, 1.807) is 12.4 Å². The van der Waals surface area contributed by atoms with Gasteiger partial charge in [0.25, 0.3) is 0 Å². The first kappa shape index (κ1) is 26.5. The maximum absolute atomic E-state index is 6.45. The van der Waals surface area contributed by atoms with Crippen LogP contribution in [0.4, 0.5) is 0 Å². The summed E-state index contributed by atoms with van der Waals surface area (Å²) in [6, 6.07) is 45.2. The highest BCUT2D eigenvalue weighted by Crippen LogP contribution is 2.41. The Morgan fingerprint density at radius 3 is 1.73 bits per heavy atom. The standard InChI is InChI=1S/C41H24N6O/c1-3-11-25(12-4-1)38-44-39(26-13-5-2-6-14-26)46-40(45-38)29-23-42-41(43-24-29)47-33-18-10-9-17-30(33)31-19-20-34-36(37(31)47)32-21-27-15-7-8-16-28(27)22-35(32)48-34/h1-24H. The smallest absolute Gasteiger partial charge is 0.234 e. The zero-order valence-electron chi connectivity index (χ0n) is 25.4. The Hall–Kier alpha value is -6.73. The fourth-order valence-electron chi connectivity index (χ4n) is 6.70. The van der Waals surface area contributed by atoms with E-state index in [9.17, 15) is 0 Å². The quantitative estimate of drug-likeness (QED) is 0.196. The van der Waals surface area contributed by atoms with E-state index in [1.165, 1.54) is 0 Å². The third kappa shape index (κ3) is 4.11. The Morgan fingerprint density at radius 2 is 1.04 bits per heavy atom. The van der Waals surface area contributed by atoms with Crippen LogP contribution in [0, 0.1) is 0 Å². The van der Waals surface area contributed by atoms with Crippen LogP contribution in [0.15, 0.2) is 150 Å². The fraction of sp³-hybridized carbons (Fsp3) is 0. The first-order chi connectivity index (χ1) is 23.8. The lowest BCUT2D eigenvalue weighted by atomic mass is 10.0. The first-order valence-electron chi connectivity index (χ1n) is 15.8. The molecule has 7 nitrogen and oxygen atoms in total. The van der Waals surface area contributed by atoms with Crippen molar-refractivity contribution in [2.75, 3.05) is 0 Å². The minimum absolute atomic E-state index is 0.506. The second kappa shape index (κ2) is 10.4. The average molecular weight is 617 g/mol. The molecule has 0 atom stereocenters. The second-order valence-corrected chi connectivity index (χ2v) is 11.8. The molecule has 4 aromatic heterocycles. The molecule has 0 bridgehead atoms.